The molecule has 0 aromatic heterocycles. The number of carbonyl (C=O) groups excluding carboxylic acids is 1. The minimum Gasteiger partial charge on any atom is -0.396 e. The van der Waals surface area contributed by atoms with Crippen LogP contribution in [-0.2, 0) is 4.79 Å². The Morgan fingerprint density at radius 1 is 1.50 bits per heavy atom. The molecule has 1 aliphatic rings. The number of aliphatic hydroxyl groups is 1. The van der Waals surface area contributed by atoms with Crippen LogP contribution in [0.15, 0.2) is 0 Å². The molecule has 0 aromatic carbocycles. The van der Waals surface area contributed by atoms with Crippen LogP contribution in [-0.4, -0.2) is 17.5 Å². The standard InChI is InChI=1S/C10H18O2/c1-8(12)10(7-11)6-9-4-2-3-5-9/h9-11H,2-7H2,1H3. The second kappa shape index (κ2) is 4.61. The number of hydrogen-bond acceptors (Lipinski definition) is 2. The lowest BCUT2D eigenvalue weighted by Crippen LogP contribution is -2.18. The van der Waals surface area contributed by atoms with Gasteiger partial charge >= 0.3 is 0 Å². The van der Waals surface area contributed by atoms with Gasteiger partial charge in [0.25, 0.3) is 0 Å². The van der Waals surface area contributed by atoms with Gasteiger partial charge in [-0.2, -0.15) is 0 Å². The Bertz CT molecular complexity index is 148. The number of ketones is 1. The molecule has 1 unspecified atom stereocenters. The van der Waals surface area contributed by atoms with Gasteiger partial charge in [-0.1, -0.05) is 25.7 Å². The van der Waals surface area contributed by atoms with Crippen molar-refractivity contribution >= 4 is 5.78 Å². The first-order chi connectivity index (χ1) is 5.74. The van der Waals surface area contributed by atoms with Crippen LogP contribution in [0.4, 0.5) is 0 Å². The van der Waals surface area contributed by atoms with E-state index >= 15 is 0 Å². The molecule has 0 radical (unpaired) electrons. The Hall–Kier alpha value is -0.370. The summed E-state index contributed by atoms with van der Waals surface area (Å²) in [4.78, 5) is 11.0. The van der Waals surface area contributed by atoms with Gasteiger partial charge in [-0.15, -0.1) is 0 Å². The van der Waals surface area contributed by atoms with Crippen molar-refractivity contribution in [3.8, 4) is 0 Å². The second-order valence-electron chi connectivity index (χ2n) is 3.88. The van der Waals surface area contributed by atoms with Crippen molar-refractivity contribution in [2.24, 2.45) is 11.8 Å². The van der Waals surface area contributed by atoms with Crippen LogP contribution in [0.25, 0.3) is 0 Å². The lowest BCUT2D eigenvalue weighted by molar-refractivity contribution is -0.122. The lowest BCUT2D eigenvalue weighted by atomic mass is 9.91. The minimum atomic E-state index is -0.0897. The van der Waals surface area contributed by atoms with E-state index in [-0.39, 0.29) is 18.3 Å². The topological polar surface area (TPSA) is 37.3 Å². The lowest BCUT2D eigenvalue weighted by Gasteiger charge is -2.14. The van der Waals surface area contributed by atoms with E-state index in [2.05, 4.69) is 0 Å². The predicted octanol–water partition coefficient (Wildman–Crippen LogP) is 1.76. The first kappa shape index (κ1) is 9.72. The summed E-state index contributed by atoms with van der Waals surface area (Å²) in [7, 11) is 0. The summed E-state index contributed by atoms with van der Waals surface area (Å²) in [5.41, 5.74) is 0. The summed E-state index contributed by atoms with van der Waals surface area (Å²) in [6.07, 6.45) is 6.03. The molecule has 1 atom stereocenters. The Morgan fingerprint density at radius 3 is 2.50 bits per heavy atom. The molecule has 0 saturated heterocycles. The number of rotatable bonds is 4. The fourth-order valence-corrected chi connectivity index (χ4v) is 2.02. The van der Waals surface area contributed by atoms with Crippen molar-refractivity contribution in [1.29, 1.82) is 0 Å². The molecule has 0 aliphatic heterocycles. The minimum absolute atomic E-state index is 0.0336. The van der Waals surface area contributed by atoms with Crippen LogP contribution < -0.4 is 0 Å². The maximum absolute atomic E-state index is 11.0. The van der Waals surface area contributed by atoms with E-state index < -0.39 is 0 Å². The van der Waals surface area contributed by atoms with Crippen LogP contribution in [0.2, 0.25) is 0 Å². The largest absolute Gasteiger partial charge is 0.396 e. The molecular formula is C10H18O2. The number of hydrogen-bond donors (Lipinski definition) is 1. The molecular weight excluding hydrogens is 152 g/mol. The highest BCUT2D eigenvalue weighted by Gasteiger charge is 2.21. The first-order valence-electron chi connectivity index (χ1n) is 4.85. The normalized spacial score (nSPS) is 21.2. The zero-order valence-electron chi connectivity index (χ0n) is 7.75. The third-order valence-electron chi connectivity index (χ3n) is 2.89. The van der Waals surface area contributed by atoms with Crippen LogP contribution in [0.5, 0.6) is 0 Å². The molecule has 70 valence electrons. The summed E-state index contributed by atoms with van der Waals surface area (Å²) < 4.78 is 0. The van der Waals surface area contributed by atoms with E-state index in [1.54, 1.807) is 6.92 Å². The van der Waals surface area contributed by atoms with Gasteiger partial charge in [0.2, 0.25) is 0 Å². The van der Waals surface area contributed by atoms with Gasteiger partial charge in [0.05, 0.1) is 6.61 Å². The quantitative estimate of drug-likeness (QED) is 0.698. The zero-order valence-corrected chi connectivity index (χ0v) is 7.75. The molecule has 0 spiro atoms. The van der Waals surface area contributed by atoms with E-state index in [4.69, 9.17) is 5.11 Å². The van der Waals surface area contributed by atoms with Gasteiger partial charge < -0.3 is 5.11 Å². The fourth-order valence-electron chi connectivity index (χ4n) is 2.02. The Kier molecular flexibility index (Phi) is 3.73. The van der Waals surface area contributed by atoms with Crippen molar-refractivity contribution in [1.82, 2.24) is 0 Å². The molecule has 1 N–H and O–H groups in total. The van der Waals surface area contributed by atoms with Crippen molar-refractivity contribution in [2.45, 2.75) is 39.0 Å². The summed E-state index contributed by atoms with van der Waals surface area (Å²) in [5, 5.41) is 8.94. The van der Waals surface area contributed by atoms with Crippen LogP contribution in [0.3, 0.4) is 0 Å². The van der Waals surface area contributed by atoms with Gasteiger partial charge in [-0.05, 0) is 19.3 Å². The van der Waals surface area contributed by atoms with Crippen LogP contribution >= 0.6 is 0 Å². The summed E-state index contributed by atoms with van der Waals surface area (Å²) >= 11 is 0. The highest BCUT2D eigenvalue weighted by molar-refractivity contribution is 5.78. The van der Waals surface area contributed by atoms with E-state index in [9.17, 15) is 4.79 Å². The Morgan fingerprint density at radius 2 is 2.08 bits per heavy atom. The molecule has 12 heavy (non-hydrogen) atoms. The van der Waals surface area contributed by atoms with Crippen LogP contribution in [0, 0.1) is 11.8 Å². The number of carbonyl (C=O) groups is 1. The fraction of sp³-hybridized carbons (Fsp3) is 0.900. The molecule has 0 heterocycles. The maximum Gasteiger partial charge on any atom is 0.135 e. The molecule has 1 saturated carbocycles. The van der Waals surface area contributed by atoms with Crippen molar-refractivity contribution in [3.05, 3.63) is 0 Å². The van der Waals surface area contributed by atoms with Crippen molar-refractivity contribution in [2.75, 3.05) is 6.61 Å². The molecule has 2 nitrogen and oxygen atoms in total. The van der Waals surface area contributed by atoms with Gasteiger partial charge in [0.1, 0.15) is 5.78 Å². The highest BCUT2D eigenvalue weighted by atomic mass is 16.3. The van der Waals surface area contributed by atoms with Gasteiger partial charge in [-0.25, -0.2) is 0 Å². The molecule has 1 aliphatic carbocycles. The molecule has 0 amide bonds. The third kappa shape index (κ3) is 2.59. The average Bonchev–Trinajstić information content (AvgIpc) is 2.51. The smallest absolute Gasteiger partial charge is 0.135 e. The summed E-state index contributed by atoms with van der Waals surface area (Å²) in [6.45, 7) is 1.61. The predicted molar refractivity (Wildman–Crippen MR) is 47.8 cm³/mol. The van der Waals surface area contributed by atoms with Gasteiger partial charge in [-0.3, -0.25) is 4.79 Å². The maximum atomic E-state index is 11.0. The Balaban J connectivity index is 2.30. The first-order valence-corrected chi connectivity index (χ1v) is 4.85. The van der Waals surface area contributed by atoms with Crippen molar-refractivity contribution < 1.29 is 9.90 Å². The van der Waals surface area contributed by atoms with Crippen molar-refractivity contribution in [3.63, 3.8) is 0 Å². The monoisotopic (exact) mass is 170 g/mol. The SMILES string of the molecule is CC(=O)C(CO)CC1CCCC1. The molecule has 0 bridgehead atoms. The van der Waals surface area contributed by atoms with Gasteiger partial charge in [0.15, 0.2) is 0 Å². The second-order valence-corrected chi connectivity index (χ2v) is 3.88. The van der Waals surface area contributed by atoms with E-state index in [1.165, 1.54) is 25.7 Å². The molecule has 0 aromatic rings. The Labute approximate surface area is 74.0 Å². The van der Waals surface area contributed by atoms with E-state index in [0.29, 0.717) is 5.92 Å². The van der Waals surface area contributed by atoms with E-state index in [1.807, 2.05) is 0 Å². The van der Waals surface area contributed by atoms with Gasteiger partial charge in [0, 0.05) is 5.92 Å². The summed E-state index contributed by atoms with van der Waals surface area (Å²) in [6, 6.07) is 0. The zero-order chi connectivity index (χ0) is 8.97. The molecule has 1 rings (SSSR count). The molecule has 1 fully saturated rings. The average molecular weight is 170 g/mol. The molecule has 2 heteroatoms. The third-order valence-corrected chi connectivity index (χ3v) is 2.89. The summed E-state index contributed by atoms with van der Waals surface area (Å²) in [5.74, 6) is 0.753. The number of Topliss-reactive ketones (excluding diaryl/α,β-unsaturated/α-hetero) is 1. The number of aliphatic hydroxyl groups excluding tert-OH is 1. The highest BCUT2D eigenvalue weighted by Crippen LogP contribution is 2.30. The van der Waals surface area contributed by atoms with Crippen LogP contribution in [0.1, 0.15) is 39.0 Å². The van der Waals surface area contributed by atoms with E-state index in [0.717, 1.165) is 6.42 Å².